The highest BCUT2D eigenvalue weighted by molar-refractivity contribution is 5.95. The Labute approximate surface area is 191 Å². The monoisotopic (exact) mass is 448 g/mol. The lowest BCUT2D eigenvalue weighted by molar-refractivity contribution is 0.0696. The van der Waals surface area contributed by atoms with Gasteiger partial charge in [-0.3, -0.25) is 4.79 Å². The van der Waals surface area contributed by atoms with E-state index in [1.54, 1.807) is 42.5 Å². The Kier molecular flexibility index (Phi) is 8.02. The zero-order chi connectivity index (χ0) is 23.6. The van der Waals surface area contributed by atoms with Gasteiger partial charge >= 0.3 is 5.97 Å². The largest absolute Gasteiger partial charge is 0.493 e. The number of carboxylic acids is 1. The normalized spacial score (nSPS) is 10.6. The molecule has 170 valence electrons. The van der Waals surface area contributed by atoms with Crippen molar-refractivity contribution in [1.82, 2.24) is 5.43 Å². The Morgan fingerprint density at radius 2 is 1.73 bits per heavy atom. The molecule has 0 radical (unpaired) electrons. The summed E-state index contributed by atoms with van der Waals surface area (Å²) in [5, 5.41) is 13.0. The summed E-state index contributed by atoms with van der Waals surface area (Å²) in [7, 11) is 1.54. The fourth-order valence-electron chi connectivity index (χ4n) is 2.91. The second kappa shape index (κ2) is 11.3. The van der Waals surface area contributed by atoms with Gasteiger partial charge in [-0.05, 0) is 60.5 Å². The summed E-state index contributed by atoms with van der Waals surface area (Å²) in [5.41, 5.74) is 4.69. The van der Waals surface area contributed by atoms with E-state index in [4.69, 9.17) is 19.3 Å². The molecule has 0 heterocycles. The topological polar surface area (TPSA) is 106 Å². The molecule has 0 fully saturated rings. The summed E-state index contributed by atoms with van der Waals surface area (Å²) < 4.78 is 16.5. The first-order valence-corrected chi connectivity index (χ1v) is 10.2. The lowest BCUT2D eigenvalue weighted by atomic mass is 10.1. The molecule has 8 heteroatoms. The number of nitrogens with zero attached hydrogens (tertiary/aromatic N) is 1. The third-order valence-electron chi connectivity index (χ3n) is 4.57. The van der Waals surface area contributed by atoms with E-state index >= 15 is 0 Å². The number of amides is 1. The van der Waals surface area contributed by atoms with Gasteiger partial charge in [-0.15, -0.1) is 0 Å². The molecule has 0 atom stereocenters. The van der Waals surface area contributed by atoms with E-state index in [1.807, 2.05) is 19.1 Å². The molecule has 0 spiro atoms. The number of methoxy groups -OCH3 is 1. The van der Waals surface area contributed by atoms with Crippen LogP contribution in [0.5, 0.6) is 17.2 Å². The van der Waals surface area contributed by atoms with E-state index in [2.05, 4.69) is 10.5 Å². The summed E-state index contributed by atoms with van der Waals surface area (Å²) in [6.07, 6.45) is 1.51. The van der Waals surface area contributed by atoms with Gasteiger partial charge < -0.3 is 19.3 Å². The SMILES string of the molecule is CCOc1cc(C(=O)N/N=C/c2cccc(OCc3ccc(C(=O)O)cc3)c2)ccc1OC. The molecule has 1 amide bonds. The Bertz CT molecular complexity index is 1140. The summed E-state index contributed by atoms with van der Waals surface area (Å²) in [5.74, 6) is 0.296. The number of carbonyl (C=O) groups excluding carboxylic acids is 1. The van der Waals surface area contributed by atoms with Crippen molar-refractivity contribution < 1.29 is 28.9 Å². The molecule has 33 heavy (non-hydrogen) atoms. The van der Waals surface area contributed by atoms with E-state index in [1.165, 1.54) is 25.5 Å². The van der Waals surface area contributed by atoms with E-state index in [0.29, 0.717) is 29.4 Å². The standard InChI is InChI=1S/C25H24N2O6/c1-3-32-23-14-20(11-12-22(23)31-2)24(28)27-26-15-18-5-4-6-21(13-18)33-16-17-7-9-19(10-8-17)25(29)30/h4-15H,3,16H2,1-2H3,(H,27,28)(H,29,30)/b26-15+. The number of hydrazone groups is 1. The van der Waals surface area contributed by atoms with Gasteiger partial charge in [-0.2, -0.15) is 5.10 Å². The van der Waals surface area contributed by atoms with Crippen molar-refractivity contribution in [3.63, 3.8) is 0 Å². The summed E-state index contributed by atoms with van der Waals surface area (Å²) in [6, 6.07) is 18.6. The fraction of sp³-hybridized carbons (Fsp3) is 0.160. The first-order valence-electron chi connectivity index (χ1n) is 10.2. The van der Waals surface area contributed by atoms with Gasteiger partial charge in [0, 0.05) is 5.56 Å². The molecule has 0 aliphatic carbocycles. The number of rotatable bonds is 10. The van der Waals surface area contributed by atoms with Gasteiger partial charge in [0.05, 0.1) is 25.5 Å². The molecule has 0 aromatic heterocycles. The average Bonchev–Trinajstić information content (AvgIpc) is 2.83. The second-order valence-corrected chi connectivity index (χ2v) is 6.86. The van der Waals surface area contributed by atoms with Crippen molar-refractivity contribution in [1.29, 1.82) is 0 Å². The van der Waals surface area contributed by atoms with Crippen LogP contribution in [0, 0.1) is 0 Å². The Hall–Kier alpha value is -4.33. The highest BCUT2D eigenvalue weighted by Crippen LogP contribution is 2.28. The first kappa shape index (κ1) is 23.3. The van der Waals surface area contributed by atoms with Crippen molar-refractivity contribution in [3.05, 3.63) is 89.0 Å². The van der Waals surface area contributed by atoms with Crippen LogP contribution in [-0.4, -0.2) is 36.9 Å². The quantitative estimate of drug-likeness (QED) is 0.357. The lowest BCUT2D eigenvalue weighted by Crippen LogP contribution is -2.17. The molecular weight excluding hydrogens is 424 g/mol. The van der Waals surface area contributed by atoms with Crippen LogP contribution in [0.1, 0.15) is 38.8 Å². The maximum absolute atomic E-state index is 12.4. The van der Waals surface area contributed by atoms with Crippen molar-refractivity contribution >= 4 is 18.1 Å². The number of nitrogens with one attached hydrogen (secondary N) is 1. The Morgan fingerprint density at radius 3 is 2.42 bits per heavy atom. The zero-order valence-electron chi connectivity index (χ0n) is 18.3. The van der Waals surface area contributed by atoms with Crippen LogP contribution in [0.2, 0.25) is 0 Å². The minimum Gasteiger partial charge on any atom is -0.493 e. The number of benzene rings is 3. The van der Waals surface area contributed by atoms with Gasteiger partial charge in [0.1, 0.15) is 12.4 Å². The van der Waals surface area contributed by atoms with E-state index in [-0.39, 0.29) is 18.1 Å². The lowest BCUT2D eigenvalue weighted by Gasteiger charge is -2.10. The number of hydrogen-bond acceptors (Lipinski definition) is 6. The number of carbonyl (C=O) groups is 2. The van der Waals surface area contributed by atoms with Crippen LogP contribution in [0.15, 0.2) is 71.8 Å². The van der Waals surface area contributed by atoms with E-state index < -0.39 is 5.97 Å². The number of hydrogen-bond donors (Lipinski definition) is 2. The van der Waals surface area contributed by atoms with Gasteiger partial charge in [0.25, 0.3) is 5.91 Å². The predicted molar refractivity (Wildman–Crippen MR) is 123 cm³/mol. The molecule has 0 aliphatic rings. The molecule has 0 bridgehead atoms. The van der Waals surface area contributed by atoms with Crippen molar-refractivity contribution in [2.75, 3.05) is 13.7 Å². The third-order valence-corrected chi connectivity index (χ3v) is 4.57. The minimum atomic E-state index is -0.969. The molecule has 0 saturated heterocycles. The molecule has 0 saturated carbocycles. The van der Waals surface area contributed by atoms with Crippen LogP contribution in [0.25, 0.3) is 0 Å². The number of carboxylic acid groups (broad SMARTS) is 1. The van der Waals surface area contributed by atoms with Crippen LogP contribution in [0.3, 0.4) is 0 Å². The Balaban J connectivity index is 1.58. The average molecular weight is 448 g/mol. The van der Waals surface area contributed by atoms with Crippen LogP contribution >= 0.6 is 0 Å². The van der Waals surface area contributed by atoms with Crippen LogP contribution in [0.4, 0.5) is 0 Å². The molecule has 2 N–H and O–H groups in total. The van der Waals surface area contributed by atoms with Crippen molar-refractivity contribution in [2.24, 2.45) is 5.10 Å². The molecule has 3 aromatic carbocycles. The number of aromatic carboxylic acids is 1. The third kappa shape index (κ3) is 6.57. The summed E-state index contributed by atoms with van der Waals surface area (Å²) in [6.45, 7) is 2.59. The highest BCUT2D eigenvalue weighted by atomic mass is 16.5. The fourth-order valence-corrected chi connectivity index (χ4v) is 2.91. The van der Waals surface area contributed by atoms with Gasteiger partial charge in [0.15, 0.2) is 11.5 Å². The van der Waals surface area contributed by atoms with Gasteiger partial charge in [0.2, 0.25) is 0 Å². The zero-order valence-corrected chi connectivity index (χ0v) is 18.3. The molecular formula is C25H24N2O6. The molecule has 8 nitrogen and oxygen atoms in total. The second-order valence-electron chi connectivity index (χ2n) is 6.86. The first-order chi connectivity index (χ1) is 16.0. The summed E-state index contributed by atoms with van der Waals surface area (Å²) in [4.78, 5) is 23.3. The minimum absolute atomic E-state index is 0.225. The van der Waals surface area contributed by atoms with Gasteiger partial charge in [-0.1, -0.05) is 24.3 Å². The Morgan fingerprint density at radius 1 is 0.970 bits per heavy atom. The maximum Gasteiger partial charge on any atom is 0.335 e. The molecule has 0 aliphatic heterocycles. The molecule has 0 unspecified atom stereocenters. The smallest absolute Gasteiger partial charge is 0.335 e. The van der Waals surface area contributed by atoms with Crippen molar-refractivity contribution in [3.8, 4) is 17.2 Å². The molecule has 3 rings (SSSR count). The van der Waals surface area contributed by atoms with Gasteiger partial charge in [-0.25, -0.2) is 10.2 Å². The molecule has 3 aromatic rings. The highest BCUT2D eigenvalue weighted by Gasteiger charge is 2.10. The van der Waals surface area contributed by atoms with E-state index in [0.717, 1.165) is 11.1 Å². The van der Waals surface area contributed by atoms with Crippen LogP contribution < -0.4 is 19.6 Å². The van der Waals surface area contributed by atoms with E-state index in [9.17, 15) is 9.59 Å². The summed E-state index contributed by atoms with van der Waals surface area (Å²) >= 11 is 0. The number of ether oxygens (including phenoxy) is 3. The van der Waals surface area contributed by atoms with Crippen LogP contribution in [-0.2, 0) is 6.61 Å². The van der Waals surface area contributed by atoms with Crippen molar-refractivity contribution in [2.45, 2.75) is 13.5 Å². The maximum atomic E-state index is 12.4. The predicted octanol–water partition coefficient (Wildman–Crippen LogP) is 4.14.